The van der Waals surface area contributed by atoms with Crippen LogP contribution in [0.4, 0.5) is 34.1 Å². The molecule has 3 atom stereocenters. The minimum absolute atomic E-state index is 0.193. The summed E-state index contributed by atoms with van der Waals surface area (Å²) in [7, 11) is 0. The van der Waals surface area contributed by atoms with Gasteiger partial charge in [0, 0.05) is 39.0 Å². The van der Waals surface area contributed by atoms with E-state index in [-0.39, 0.29) is 10.8 Å². The molecule has 2 heteroatoms. The Balaban J connectivity index is 1.04. The van der Waals surface area contributed by atoms with Gasteiger partial charge in [-0.05, 0) is 153 Å². The largest absolute Gasteiger partial charge is 0.310 e. The van der Waals surface area contributed by atoms with E-state index in [0.29, 0.717) is 11.8 Å². The monoisotopic (exact) mass is 924 g/mol. The standard InChI is InChI=1S/C70H56N2/c1-69(2)61-38-19-18-35-59(61)65-60(49-27-12-5-13-28-49)45-56(46-62(65)69)71(54-31-14-6-15-32-54)63-39-20-29-50-43-52-41-42-53-44-51-30-21-40-64(67(51)70(52,53)66(50)63)72(55-33-16-7-17-34-55)68-57(47-23-8-3-9-24-47)36-22-37-58(68)48-25-10-4-11-26-48/h3-40,45-46,52-53H,41-44H2,1-2H3. The third-order valence-electron chi connectivity index (χ3n) is 17.1. The number of benzene rings is 10. The summed E-state index contributed by atoms with van der Waals surface area (Å²) in [6.07, 6.45) is 4.56. The highest BCUT2D eigenvalue weighted by atomic mass is 15.2. The van der Waals surface area contributed by atoms with Gasteiger partial charge in [-0.25, -0.2) is 0 Å². The number of hydrogen-bond acceptors (Lipinski definition) is 2. The van der Waals surface area contributed by atoms with Gasteiger partial charge in [-0.1, -0.05) is 208 Å². The van der Waals surface area contributed by atoms with Gasteiger partial charge < -0.3 is 9.80 Å². The van der Waals surface area contributed by atoms with Crippen molar-refractivity contribution in [3.8, 4) is 44.5 Å². The summed E-state index contributed by atoms with van der Waals surface area (Å²) in [4.78, 5) is 5.29. The molecule has 4 aliphatic carbocycles. The van der Waals surface area contributed by atoms with Gasteiger partial charge in [0.25, 0.3) is 0 Å². The summed E-state index contributed by atoms with van der Waals surface area (Å²) in [6.45, 7) is 4.84. The molecule has 2 nitrogen and oxygen atoms in total. The van der Waals surface area contributed by atoms with Crippen molar-refractivity contribution in [3.63, 3.8) is 0 Å². The quantitative estimate of drug-likeness (QED) is 0.142. The van der Waals surface area contributed by atoms with E-state index in [1.807, 2.05) is 0 Å². The normalized spacial score (nSPS) is 18.4. The number of rotatable bonds is 9. The fraction of sp³-hybridized carbons (Fsp3) is 0.143. The maximum Gasteiger partial charge on any atom is 0.0618 e. The van der Waals surface area contributed by atoms with Crippen LogP contribution in [0.25, 0.3) is 44.5 Å². The van der Waals surface area contributed by atoms with Crippen molar-refractivity contribution in [1.82, 2.24) is 0 Å². The molecule has 0 saturated heterocycles. The molecular weight excluding hydrogens is 869 g/mol. The summed E-state index contributed by atoms with van der Waals surface area (Å²) in [5, 5.41) is 0. The van der Waals surface area contributed by atoms with E-state index in [1.54, 1.807) is 0 Å². The SMILES string of the molecule is CC1(C)c2ccccc2-c2c(-c3ccccc3)cc(N(c3ccccc3)c3cccc4c3C35c6c(cccc6N(c6ccccc6)c6c(-c7ccccc7)cccc6-c6ccccc6)CC3CCC5C4)cc21. The first-order valence-electron chi connectivity index (χ1n) is 26.0. The molecule has 10 aromatic rings. The topological polar surface area (TPSA) is 6.48 Å². The molecule has 3 unspecified atom stereocenters. The fourth-order valence-corrected chi connectivity index (χ4v) is 14.3. The fourth-order valence-electron chi connectivity index (χ4n) is 14.3. The van der Waals surface area contributed by atoms with Crippen molar-refractivity contribution in [2.24, 2.45) is 11.8 Å². The van der Waals surface area contributed by atoms with Crippen LogP contribution in [0.3, 0.4) is 0 Å². The zero-order valence-corrected chi connectivity index (χ0v) is 41.0. The molecule has 1 fully saturated rings. The number of para-hydroxylation sites is 3. The lowest BCUT2D eigenvalue weighted by atomic mass is 9.68. The van der Waals surface area contributed by atoms with Gasteiger partial charge >= 0.3 is 0 Å². The Bertz CT molecular complexity index is 3610. The van der Waals surface area contributed by atoms with Crippen LogP contribution in [0.2, 0.25) is 0 Å². The van der Waals surface area contributed by atoms with Crippen molar-refractivity contribution in [2.45, 2.75) is 50.4 Å². The smallest absolute Gasteiger partial charge is 0.0618 e. The summed E-state index contributed by atoms with van der Waals surface area (Å²) in [5.74, 6) is 0.921. The molecule has 14 rings (SSSR count). The first kappa shape index (κ1) is 42.7. The molecule has 346 valence electrons. The maximum absolute atomic E-state index is 2.65. The lowest BCUT2D eigenvalue weighted by molar-refractivity contribution is 0.350. The van der Waals surface area contributed by atoms with Crippen LogP contribution in [0.5, 0.6) is 0 Å². The van der Waals surface area contributed by atoms with Crippen LogP contribution < -0.4 is 9.80 Å². The maximum atomic E-state index is 2.65. The predicted molar refractivity (Wildman–Crippen MR) is 301 cm³/mol. The zero-order chi connectivity index (χ0) is 48.0. The van der Waals surface area contributed by atoms with Crippen molar-refractivity contribution in [2.75, 3.05) is 9.80 Å². The number of nitrogens with zero attached hydrogens (tertiary/aromatic N) is 2. The number of anilines is 6. The summed E-state index contributed by atoms with van der Waals surface area (Å²) < 4.78 is 0. The van der Waals surface area contributed by atoms with Crippen LogP contribution >= 0.6 is 0 Å². The molecule has 0 bridgehead atoms. The molecular formula is C70H56N2. The predicted octanol–water partition coefficient (Wildman–Crippen LogP) is 18.4. The van der Waals surface area contributed by atoms with E-state index < -0.39 is 0 Å². The van der Waals surface area contributed by atoms with Gasteiger partial charge in [0.15, 0.2) is 0 Å². The first-order chi connectivity index (χ1) is 35.5. The summed E-state index contributed by atoms with van der Waals surface area (Å²) in [6, 6.07) is 91.2. The second-order valence-electron chi connectivity index (χ2n) is 21.1. The zero-order valence-electron chi connectivity index (χ0n) is 41.0. The second-order valence-corrected chi connectivity index (χ2v) is 21.1. The molecule has 0 amide bonds. The third kappa shape index (κ3) is 6.34. The molecule has 0 radical (unpaired) electrons. The van der Waals surface area contributed by atoms with Gasteiger partial charge in [-0.3, -0.25) is 0 Å². The summed E-state index contributed by atoms with van der Waals surface area (Å²) >= 11 is 0. The van der Waals surface area contributed by atoms with Gasteiger partial charge in [0.1, 0.15) is 0 Å². The summed E-state index contributed by atoms with van der Waals surface area (Å²) in [5.41, 5.74) is 25.7. The molecule has 0 heterocycles. The van der Waals surface area contributed by atoms with E-state index >= 15 is 0 Å². The van der Waals surface area contributed by atoms with Crippen LogP contribution in [-0.2, 0) is 23.7 Å². The highest BCUT2D eigenvalue weighted by Gasteiger charge is 2.62. The molecule has 0 N–H and O–H groups in total. The Morgan fingerprint density at radius 1 is 0.361 bits per heavy atom. The van der Waals surface area contributed by atoms with E-state index in [0.717, 1.165) is 18.5 Å². The molecule has 0 aliphatic heterocycles. The van der Waals surface area contributed by atoms with E-state index in [1.165, 1.54) is 119 Å². The van der Waals surface area contributed by atoms with Gasteiger partial charge in [0.05, 0.1) is 17.1 Å². The molecule has 1 spiro atoms. The Kier molecular flexibility index (Phi) is 9.90. The molecule has 0 aromatic heterocycles. The highest BCUT2D eigenvalue weighted by Crippen LogP contribution is 2.69. The van der Waals surface area contributed by atoms with Crippen molar-refractivity contribution < 1.29 is 0 Å². The van der Waals surface area contributed by atoms with Crippen LogP contribution in [0.1, 0.15) is 60.1 Å². The van der Waals surface area contributed by atoms with E-state index in [2.05, 4.69) is 266 Å². The molecule has 10 aromatic carbocycles. The lowest BCUT2D eigenvalue weighted by Gasteiger charge is -2.41. The highest BCUT2D eigenvalue weighted by molar-refractivity contribution is 6.00. The van der Waals surface area contributed by atoms with Gasteiger partial charge in [-0.15, -0.1) is 0 Å². The minimum Gasteiger partial charge on any atom is -0.310 e. The van der Waals surface area contributed by atoms with Crippen LogP contribution in [0.15, 0.2) is 243 Å². The third-order valence-corrected chi connectivity index (χ3v) is 17.1. The number of hydrogen-bond donors (Lipinski definition) is 0. The lowest BCUT2D eigenvalue weighted by Crippen LogP contribution is -2.34. The Morgan fingerprint density at radius 2 is 0.792 bits per heavy atom. The van der Waals surface area contributed by atoms with E-state index in [4.69, 9.17) is 0 Å². The number of fused-ring (bicyclic) bond motifs is 5. The molecule has 4 aliphatic rings. The van der Waals surface area contributed by atoms with Gasteiger partial charge in [0.2, 0.25) is 0 Å². The van der Waals surface area contributed by atoms with E-state index in [9.17, 15) is 0 Å². The van der Waals surface area contributed by atoms with Crippen LogP contribution in [-0.4, -0.2) is 0 Å². The van der Waals surface area contributed by atoms with Crippen molar-refractivity contribution >= 4 is 34.1 Å². The Labute approximate surface area is 424 Å². The van der Waals surface area contributed by atoms with Crippen molar-refractivity contribution in [3.05, 3.63) is 276 Å². The second kappa shape index (κ2) is 16.7. The average Bonchev–Trinajstić information content (AvgIpc) is 4.14. The van der Waals surface area contributed by atoms with Gasteiger partial charge in [-0.2, -0.15) is 0 Å². The molecule has 72 heavy (non-hydrogen) atoms. The average molecular weight is 925 g/mol. The van der Waals surface area contributed by atoms with Crippen molar-refractivity contribution in [1.29, 1.82) is 0 Å². The minimum atomic E-state index is -0.221. The first-order valence-corrected chi connectivity index (χ1v) is 26.0. The molecule has 1 saturated carbocycles. The Hall–Kier alpha value is -8.20. The Morgan fingerprint density at radius 3 is 1.33 bits per heavy atom. The van der Waals surface area contributed by atoms with Crippen LogP contribution in [0, 0.1) is 11.8 Å².